The van der Waals surface area contributed by atoms with Crippen LogP contribution in [-0.2, 0) is 10.0 Å². The second-order valence-electron chi connectivity index (χ2n) is 5.61. The molecule has 1 aromatic carbocycles. The topological polar surface area (TPSA) is 110 Å². The molecule has 0 saturated carbocycles. The Labute approximate surface area is 145 Å². The smallest absolute Gasteiger partial charge is 0.273 e. The molecule has 9 nitrogen and oxygen atoms in total. The van der Waals surface area contributed by atoms with Crippen molar-refractivity contribution in [2.75, 3.05) is 31.1 Å². The van der Waals surface area contributed by atoms with Crippen molar-refractivity contribution in [2.24, 2.45) is 0 Å². The standard InChI is InChI=1S/C15H17N5O4S/c1-12-13(20(21)22)3-2-4-14(12)25(23,24)19-9-7-18(8-10-19)15-11-16-5-6-17-15/h2-6,11H,7-10H2,1H3. The second kappa shape index (κ2) is 6.73. The molecular weight excluding hydrogens is 346 g/mol. The predicted molar refractivity (Wildman–Crippen MR) is 90.8 cm³/mol. The molecule has 0 bridgehead atoms. The summed E-state index contributed by atoms with van der Waals surface area (Å²) in [5.41, 5.74) is -0.0388. The van der Waals surface area contributed by atoms with E-state index in [9.17, 15) is 18.5 Å². The molecule has 0 aliphatic carbocycles. The van der Waals surface area contributed by atoms with Gasteiger partial charge in [-0.3, -0.25) is 15.1 Å². The minimum atomic E-state index is -3.79. The lowest BCUT2D eigenvalue weighted by Crippen LogP contribution is -2.49. The quantitative estimate of drug-likeness (QED) is 0.593. The van der Waals surface area contributed by atoms with E-state index < -0.39 is 14.9 Å². The summed E-state index contributed by atoms with van der Waals surface area (Å²) in [6.07, 6.45) is 4.80. The first kappa shape index (κ1) is 17.2. The third-order valence-electron chi connectivity index (χ3n) is 4.18. The molecule has 25 heavy (non-hydrogen) atoms. The van der Waals surface area contributed by atoms with Crippen LogP contribution >= 0.6 is 0 Å². The highest BCUT2D eigenvalue weighted by Crippen LogP contribution is 2.28. The molecule has 0 spiro atoms. The van der Waals surface area contributed by atoms with E-state index in [4.69, 9.17) is 0 Å². The highest BCUT2D eigenvalue weighted by molar-refractivity contribution is 7.89. The number of rotatable bonds is 4. The van der Waals surface area contributed by atoms with Crippen LogP contribution in [0.4, 0.5) is 11.5 Å². The van der Waals surface area contributed by atoms with Gasteiger partial charge in [-0.2, -0.15) is 4.31 Å². The van der Waals surface area contributed by atoms with Gasteiger partial charge < -0.3 is 4.90 Å². The van der Waals surface area contributed by atoms with E-state index in [2.05, 4.69) is 9.97 Å². The SMILES string of the molecule is Cc1c([N+](=O)[O-])cccc1S(=O)(=O)N1CCN(c2cnccn2)CC1. The molecular formula is C15H17N5O4S. The van der Waals surface area contributed by atoms with Gasteiger partial charge in [0.25, 0.3) is 5.69 Å². The Kier molecular flexibility index (Phi) is 4.64. The van der Waals surface area contributed by atoms with E-state index in [0.29, 0.717) is 18.9 Å². The van der Waals surface area contributed by atoms with E-state index in [0.717, 1.165) is 0 Å². The first-order valence-electron chi connectivity index (χ1n) is 7.66. The van der Waals surface area contributed by atoms with E-state index in [-0.39, 0.29) is 29.2 Å². The molecule has 132 valence electrons. The summed E-state index contributed by atoms with van der Waals surface area (Å²) in [4.78, 5) is 20.7. The Bertz CT molecular complexity index is 880. The van der Waals surface area contributed by atoms with Crippen molar-refractivity contribution in [1.82, 2.24) is 14.3 Å². The van der Waals surface area contributed by atoms with Gasteiger partial charge in [-0.1, -0.05) is 6.07 Å². The molecule has 2 aromatic rings. The zero-order valence-electron chi connectivity index (χ0n) is 13.6. The third-order valence-corrected chi connectivity index (χ3v) is 6.23. The van der Waals surface area contributed by atoms with Crippen LogP contribution in [0.2, 0.25) is 0 Å². The Morgan fingerprint density at radius 2 is 1.88 bits per heavy atom. The Balaban J connectivity index is 1.81. The number of benzene rings is 1. The summed E-state index contributed by atoms with van der Waals surface area (Å²) in [6, 6.07) is 4.11. The minimum Gasteiger partial charge on any atom is -0.353 e. The number of hydrogen-bond donors (Lipinski definition) is 0. The summed E-state index contributed by atoms with van der Waals surface area (Å²) in [7, 11) is -3.79. The average Bonchev–Trinajstić information content (AvgIpc) is 2.62. The molecule has 0 amide bonds. The first-order valence-corrected chi connectivity index (χ1v) is 9.10. The van der Waals surface area contributed by atoms with E-state index >= 15 is 0 Å². The fraction of sp³-hybridized carbons (Fsp3) is 0.333. The monoisotopic (exact) mass is 363 g/mol. The normalized spacial score (nSPS) is 16.0. The molecule has 0 N–H and O–H groups in total. The number of sulfonamides is 1. The summed E-state index contributed by atoms with van der Waals surface area (Å²) in [6.45, 7) is 2.97. The largest absolute Gasteiger partial charge is 0.353 e. The van der Waals surface area contributed by atoms with Crippen LogP contribution in [0, 0.1) is 17.0 Å². The van der Waals surface area contributed by atoms with Crippen molar-refractivity contribution in [3.8, 4) is 0 Å². The fourth-order valence-corrected chi connectivity index (χ4v) is 4.50. The molecule has 1 aliphatic heterocycles. The van der Waals surface area contributed by atoms with Crippen molar-refractivity contribution in [2.45, 2.75) is 11.8 Å². The summed E-state index contributed by atoms with van der Waals surface area (Å²) < 4.78 is 27.1. The summed E-state index contributed by atoms with van der Waals surface area (Å²) in [5, 5.41) is 11.1. The van der Waals surface area contributed by atoms with Gasteiger partial charge in [-0.25, -0.2) is 13.4 Å². The van der Waals surface area contributed by atoms with Gasteiger partial charge in [0.05, 0.1) is 16.0 Å². The van der Waals surface area contributed by atoms with Crippen LogP contribution in [0.5, 0.6) is 0 Å². The van der Waals surface area contributed by atoms with Crippen molar-refractivity contribution >= 4 is 21.5 Å². The highest BCUT2D eigenvalue weighted by Gasteiger charge is 2.31. The van der Waals surface area contributed by atoms with Crippen LogP contribution in [0.3, 0.4) is 0 Å². The summed E-state index contributed by atoms with van der Waals surface area (Å²) >= 11 is 0. The minimum absolute atomic E-state index is 0.0188. The van der Waals surface area contributed by atoms with Gasteiger partial charge >= 0.3 is 0 Å². The molecule has 1 aromatic heterocycles. The van der Waals surface area contributed by atoms with E-state index in [1.165, 1.54) is 29.4 Å². The van der Waals surface area contributed by atoms with Gasteiger partial charge in [-0.15, -0.1) is 0 Å². The average molecular weight is 363 g/mol. The lowest BCUT2D eigenvalue weighted by Gasteiger charge is -2.34. The second-order valence-corrected chi connectivity index (χ2v) is 7.52. The van der Waals surface area contributed by atoms with Gasteiger partial charge in [0.15, 0.2) is 0 Å². The van der Waals surface area contributed by atoms with Crippen molar-refractivity contribution in [1.29, 1.82) is 0 Å². The van der Waals surface area contributed by atoms with Gasteiger partial charge in [0.1, 0.15) is 5.82 Å². The van der Waals surface area contributed by atoms with Crippen LogP contribution in [0.15, 0.2) is 41.7 Å². The Morgan fingerprint density at radius 3 is 2.48 bits per heavy atom. The number of nitro groups is 1. The number of anilines is 1. The molecule has 3 rings (SSSR count). The number of nitro benzene ring substituents is 1. The lowest BCUT2D eigenvalue weighted by atomic mass is 10.2. The molecule has 0 unspecified atom stereocenters. The predicted octanol–water partition coefficient (Wildman–Crippen LogP) is 1.20. The maximum Gasteiger partial charge on any atom is 0.273 e. The van der Waals surface area contributed by atoms with Crippen LogP contribution in [0.25, 0.3) is 0 Å². The zero-order valence-corrected chi connectivity index (χ0v) is 14.4. The van der Waals surface area contributed by atoms with Gasteiger partial charge in [0, 0.05) is 50.2 Å². The van der Waals surface area contributed by atoms with Crippen LogP contribution < -0.4 is 4.90 Å². The van der Waals surface area contributed by atoms with Gasteiger partial charge in [-0.05, 0) is 13.0 Å². The molecule has 2 heterocycles. The molecule has 0 radical (unpaired) electrons. The molecule has 1 aliphatic rings. The van der Waals surface area contributed by atoms with Crippen LogP contribution in [0.1, 0.15) is 5.56 Å². The third kappa shape index (κ3) is 3.30. The molecule has 0 atom stereocenters. The molecule has 10 heteroatoms. The first-order chi connectivity index (χ1) is 11.9. The highest BCUT2D eigenvalue weighted by atomic mass is 32.2. The Hall–Kier alpha value is -2.59. The maximum absolute atomic E-state index is 12.9. The summed E-state index contributed by atoms with van der Waals surface area (Å²) in [5.74, 6) is 0.700. The number of aromatic nitrogens is 2. The maximum atomic E-state index is 12.9. The molecule has 1 saturated heterocycles. The number of nitrogens with zero attached hydrogens (tertiary/aromatic N) is 5. The van der Waals surface area contributed by atoms with E-state index in [1.54, 1.807) is 18.6 Å². The number of piperazine rings is 1. The van der Waals surface area contributed by atoms with Crippen LogP contribution in [-0.4, -0.2) is 53.8 Å². The van der Waals surface area contributed by atoms with Gasteiger partial charge in [0.2, 0.25) is 10.0 Å². The fourth-order valence-electron chi connectivity index (χ4n) is 2.83. The van der Waals surface area contributed by atoms with E-state index in [1.807, 2.05) is 4.90 Å². The lowest BCUT2D eigenvalue weighted by molar-refractivity contribution is -0.385. The Morgan fingerprint density at radius 1 is 1.16 bits per heavy atom. The van der Waals surface area contributed by atoms with Crippen molar-refractivity contribution in [3.05, 3.63) is 52.5 Å². The van der Waals surface area contributed by atoms with Crippen molar-refractivity contribution in [3.63, 3.8) is 0 Å². The zero-order chi connectivity index (χ0) is 18.0. The number of hydrogen-bond acceptors (Lipinski definition) is 7. The van der Waals surface area contributed by atoms with Crippen molar-refractivity contribution < 1.29 is 13.3 Å². The molecule has 1 fully saturated rings.